The van der Waals surface area contributed by atoms with E-state index in [9.17, 15) is 4.79 Å². The molecule has 1 unspecified atom stereocenters. The Labute approximate surface area is 174 Å². The first-order chi connectivity index (χ1) is 14.2. The molecule has 29 heavy (non-hydrogen) atoms. The van der Waals surface area contributed by atoms with Crippen LogP contribution in [0.2, 0.25) is 0 Å². The van der Waals surface area contributed by atoms with Gasteiger partial charge < -0.3 is 25.4 Å². The number of hydrogen-bond donors (Lipinski definition) is 3. The van der Waals surface area contributed by atoms with Crippen LogP contribution < -0.4 is 16.0 Å². The molecular formula is C22H36N4O3. The third-order valence-electron chi connectivity index (χ3n) is 4.79. The zero-order chi connectivity index (χ0) is 20.7. The zero-order valence-electron chi connectivity index (χ0n) is 17.8. The van der Waals surface area contributed by atoms with Crippen molar-refractivity contribution in [2.75, 3.05) is 40.0 Å². The highest BCUT2D eigenvalue weighted by Gasteiger charge is 2.16. The summed E-state index contributed by atoms with van der Waals surface area (Å²) in [5.41, 5.74) is 1.69. The molecule has 0 aliphatic carbocycles. The van der Waals surface area contributed by atoms with Crippen molar-refractivity contribution >= 4 is 11.9 Å². The van der Waals surface area contributed by atoms with Gasteiger partial charge >= 0.3 is 0 Å². The summed E-state index contributed by atoms with van der Waals surface area (Å²) < 4.78 is 11.1. The van der Waals surface area contributed by atoms with Crippen LogP contribution in [0.15, 0.2) is 29.3 Å². The van der Waals surface area contributed by atoms with Crippen LogP contribution in [0.25, 0.3) is 0 Å². The molecular weight excluding hydrogens is 368 g/mol. The molecule has 1 aliphatic rings. The van der Waals surface area contributed by atoms with Crippen molar-refractivity contribution in [1.82, 2.24) is 16.0 Å². The molecule has 0 saturated carbocycles. The van der Waals surface area contributed by atoms with E-state index in [1.807, 2.05) is 24.3 Å². The Bertz CT molecular complexity index is 630. The molecule has 0 spiro atoms. The number of rotatable bonds is 12. The second-order valence-corrected chi connectivity index (χ2v) is 7.22. The summed E-state index contributed by atoms with van der Waals surface area (Å²) >= 11 is 0. The average molecular weight is 405 g/mol. The summed E-state index contributed by atoms with van der Waals surface area (Å²) in [4.78, 5) is 16.6. The minimum atomic E-state index is -0.0621. The first-order valence-electron chi connectivity index (χ1n) is 10.7. The first kappa shape index (κ1) is 23.2. The van der Waals surface area contributed by atoms with E-state index in [2.05, 4.69) is 27.9 Å². The summed E-state index contributed by atoms with van der Waals surface area (Å²) in [6, 6.07) is 7.65. The second-order valence-electron chi connectivity index (χ2n) is 7.22. The fourth-order valence-electron chi connectivity index (χ4n) is 3.07. The highest BCUT2D eigenvalue weighted by molar-refractivity contribution is 5.94. The minimum absolute atomic E-state index is 0.0621. The lowest BCUT2D eigenvalue weighted by Gasteiger charge is -2.13. The van der Waals surface area contributed by atoms with Crippen LogP contribution in [-0.4, -0.2) is 57.9 Å². The van der Waals surface area contributed by atoms with Gasteiger partial charge in [0.05, 0.1) is 6.10 Å². The monoisotopic (exact) mass is 404 g/mol. The molecule has 0 aromatic heterocycles. The molecule has 1 heterocycles. The molecule has 0 radical (unpaired) electrons. The SMILES string of the molecule is CCCCOCCCNC(=NC)NCc1cccc(C(=O)NCC2CCCO2)c1. The Balaban J connectivity index is 1.69. The number of guanidine groups is 1. The van der Waals surface area contributed by atoms with Gasteiger partial charge in [0.25, 0.3) is 5.91 Å². The lowest BCUT2D eigenvalue weighted by atomic mass is 10.1. The third-order valence-corrected chi connectivity index (χ3v) is 4.79. The Morgan fingerprint density at radius 3 is 2.86 bits per heavy atom. The van der Waals surface area contributed by atoms with Crippen molar-refractivity contribution in [3.05, 3.63) is 35.4 Å². The van der Waals surface area contributed by atoms with E-state index in [1.54, 1.807) is 7.05 Å². The zero-order valence-corrected chi connectivity index (χ0v) is 17.8. The Morgan fingerprint density at radius 1 is 1.24 bits per heavy atom. The number of hydrogen-bond acceptors (Lipinski definition) is 4. The van der Waals surface area contributed by atoms with Crippen LogP contribution in [0.5, 0.6) is 0 Å². The normalized spacial score (nSPS) is 16.6. The maximum atomic E-state index is 12.4. The van der Waals surface area contributed by atoms with E-state index in [0.717, 1.165) is 70.0 Å². The largest absolute Gasteiger partial charge is 0.381 e. The van der Waals surface area contributed by atoms with Crippen molar-refractivity contribution < 1.29 is 14.3 Å². The Hall–Kier alpha value is -2.12. The van der Waals surface area contributed by atoms with Crippen LogP contribution in [-0.2, 0) is 16.0 Å². The predicted molar refractivity (Wildman–Crippen MR) is 116 cm³/mol. The standard InChI is InChI=1S/C22H36N4O3/c1-3-4-12-28-13-7-11-24-22(23-2)26-16-18-8-5-9-19(15-18)21(27)25-17-20-10-6-14-29-20/h5,8-9,15,20H,3-4,6-7,10-14,16-17H2,1-2H3,(H,25,27)(H2,23,24,26). The van der Waals surface area contributed by atoms with Crippen LogP contribution in [0, 0.1) is 0 Å². The summed E-state index contributed by atoms with van der Waals surface area (Å²) in [5.74, 6) is 0.680. The maximum Gasteiger partial charge on any atom is 0.251 e. The maximum absolute atomic E-state index is 12.4. The third kappa shape index (κ3) is 9.28. The fourth-order valence-corrected chi connectivity index (χ4v) is 3.07. The lowest BCUT2D eigenvalue weighted by Crippen LogP contribution is -2.37. The average Bonchev–Trinajstić information content (AvgIpc) is 3.27. The Morgan fingerprint density at radius 2 is 2.10 bits per heavy atom. The second kappa shape index (κ2) is 14.0. The van der Waals surface area contributed by atoms with E-state index in [1.165, 1.54) is 0 Å². The molecule has 1 saturated heterocycles. The number of carbonyl (C=O) groups is 1. The molecule has 3 N–H and O–H groups in total. The minimum Gasteiger partial charge on any atom is -0.381 e. The van der Waals surface area contributed by atoms with E-state index in [-0.39, 0.29) is 12.0 Å². The molecule has 1 aliphatic heterocycles. The summed E-state index contributed by atoms with van der Waals surface area (Å²) in [6.07, 6.45) is 5.44. The number of carbonyl (C=O) groups excluding carboxylic acids is 1. The van der Waals surface area contributed by atoms with Gasteiger partial charge in [-0.15, -0.1) is 0 Å². The predicted octanol–water partition coefficient (Wildman–Crippen LogP) is 2.47. The van der Waals surface area contributed by atoms with Gasteiger partial charge in [0.1, 0.15) is 0 Å². The van der Waals surface area contributed by atoms with Gasteiger partial charge in [0, 0.05) is 52.1 Å². The molecule has 7 heteroatoms. The molecule has 0 bridgehead atoms. The first-order valence-corrected chi connectivity index (χ1v) is 10.7. The van der Waals surface area contributed by atoms with Gasteiger partial charge in [-0.2, -0.15) is 0 Å². The molecule has 1 aromatic rings. The van der Waals surface area contributed by atoms with Crippen LogP contribution >= 0.6 is 0 Å². The van der Waals surface area contributed by atoms with Crippen molar-refractivity contribution in [1.29, 1.82) is 0 Å². The van der Waals surface area contributed by atoms with E-state index in [4.69, 9.17) is 9.47 Å². The fraction of sp³-hybridized carbons (Fsp3) is 0.636. The number of unbranched alkanes of at least 4 members (excludes halogenated alkanes) is 1. The summed E-state index contributed by atoms with van der Waals surface area (Å²) in [5, 5.41) is 9.54. The number of amides is 1. The molecule has 1 aromatic carbocycles. The Kier molecular flexibility index (Phi) is 11.1. The van der Waals surface area contributed by atoms with Gasteiger partial charge in [-0.05, 0) is 43.4 Å². The van der Waals surface area contributed by atoms with Gasteiger partial charge in [-0.1, -0.05) is 25.5 Å². The highest BCUT2D eigenvalue weighted by Crippen LogP contribution is 2.11. The van der Waals surface area contributed by atoms with E-state index >= 15 is 0 Å². The van der Waals surface area contributed by atoms with Crippen molar-refractivity contribution in [3.63, 3.8) is 0 Å². The number of ether oxygens (including phenoxy) is 2. The molecule has 7 nitrogen and oxygen atoms in total. The van der Waals surface area contributed by atoms with Gasteiger partial charge in [-0.25, -0.2) is 0 Å². The number of nitrogens with one attached hydrogen (secondary N) is 3. The highest BCUT2D eigenvalue weighted by atomic mass is 16.5. The van der Waals surface area contributed by atoms with E-state index in [0.29, 0.717) is 18.7 Å². The van der Waals surface area contributed by atoms with Gasteiger partial charge in [0.15, 0.2) is 5.96 Å². The van der Waals surface area contributed by atoms with Crippen molar-refractivity contribution in [3.8, 4) is 0 Å². The van der Waals surface area contributed by atoms with Gasteiger partial charge in [-0.3, -0.25) is 9.79 Å². The number of aliphatic imine (C=N–C) groups is 1. The number of nitrogens with zero attached hydrogens (tertiary/aromatic N) is 1. The molecule has 1 fully saturated rings. The summed E-state index contributed by atoms with van der Waals surface area (Å²) in [6.45, 7) is 6.52. The number of benzene rings is 1. The smallest absolute Gasteiger partial charge is 0.251 e. The molecule has 2 rings (SSSR count). The van der Waals surface area contributed by atoms with Gasteiger partial charge in [0.2, 0.25) is 0 Å². The van der Waals surface area contributed by atoms with Crippen LogP contribution in [0.3, 0.4) is 0 Å². The van der Waals surface area contributed by atoms with Crippen molar-refractivity contribution in [2.45, 2.75) is 51.7 Å². The lowest BCUT2D eigenvalue weighted by molar-refractivity contribution is 0.0857. The molecule has 162 valence electrons. The molecule has 1 amide bonds. The quantitative estimate of drug-likeness (QED) is 0.283. The van der Waals surface area contributed by atoms with Crippen LogP contribution in [0.1, 0.15) is 54.9 Å². The van der Waals surface area contributed by atoms with Crippen LogP contribution in [0.4, 0.5) is 0 Å². The molecule has 1 atom stereocenters. The van der Waals surface area contributed by atoms with Crippen molar-refractivity contribution in [2.24, 2.45) is 4.99 Å². The van der Waals surface area contributed by atoms with E-state index < -0.39 is 0 Å². The summed E-state index contributed by atoms with van der Waals surface area (Å²) in [7, 11) is 1.75. The topological polar surface area (TPSA) is 84.0 Å².